The molecule has 0 saturated carbocycles. The topological polar surface area (TPSA) is 111 Å². The zero-order chi connectivity index (χ0) is 61.9. The van der Waals surface area contributed by atoms with Gasteiger partial charge in [0.15, 0.2) is 12.4 Å². The van der Waals surface area contributed by atoms with E-state index in [1.807, 2.05) is 21.1 Å². The van der Waals surface area contributed by atoms with Gasteiger partial charge in [-0.15, -0.1) is 0 Å². The summed E-state index contributed by atoms with van der Waals surface area (Å²) in [5, 5.41) is 11.8. The molecule has 0 spiro atoms. The van der Waals surface area contributed by atoms with Crippen LogP contribution in [0, 0.1) is 0 Å². The standard InChI is InChI=1S/C76H141NO8/c1-6-8-10-12-14-16-18-20-22-24-26-27-28-29-30-31-32-33-34-35-36-37-38-39-40-41-42-43-44-45-46-47-49-50-52-54-56-58-60-62-64-66-73(78)83-70-72(71-84-76(75(80)81)82-69-68-77(3,4)5)85-74(79)67-65-63-61-59-57-55-53-51-48-25-23-21-19-17-15-13-11-9-7-2/h9,11,15,17,21,23,48,51,72,76H,6-8,10,12-14,16,18-20,22,24-47,49-50,52-71H2,1-5H3/b11-9-,17-15-,23-21-,51-48-. The number of carboxylic acid groups (broad SMARTS) is 1. The second-order valence-electron chi connectivity index (χ2n) is 26.2. The van der Waals surface area contributed by atoms with Crippen molar-refractivity contribution in [2.45, 2.75) is 373 Å². The first kappa shape index (κ1) is 82.2. The molecule has 0 aliphatic carbocycles. The molecule has 0 radical (unpaired) electrons. The molecule has 0 bridgehead atoms. The van der Waals surface area contributed by atoms with Crippen LogP contribution in [0.1, 0.15) is 361 Å². The van der Waals surface area contributed by atoms with Gasteiger partial charge in [0.2, 0.25) is 0 Å². The van der Waals surface area contributed by atoms with E-state index in [-0.39, 0.29) is 32.2 Å². The van der Waals surface area contributed by atoms with Gasteiger partial charge in [-0.1, -0.05) is 345 Å². The van der Waals surface area contributed by atoms with Gasteiger partial charge in [0.05, 0.1) is 40.3 Å². The molecule has 0 aromatic carbocycles. The number of likely N-dealkylation sites (N-methyl/N-ethyl adjacent to an activating group) is 1. The van der Waals surface area contributed by atoms with E-state index in [9.17, 15) is 19.5 Å². The average Bonchev–Trinajstić information content (AvgIpc) is 3.48. The Morgan fingerprint density at radius 2 is 0.671 bits per heavy atom. The van der Waals surface area contributed by atoms with Crippen LogP contribution < -0.4 is 5.11 Å². The van der Waals surface area contributed by atoms with Crippen LogP contribution in [0.3, 0.4) is 0 Å². The van der Waals surface area contributed by atoms with Crippen LogP contribution in [-0.4, -0.2) is 82.3 Å². The lowest BCUT2D eigenvalue weighted by Crippen LogP contribution is -2.44. The number of carbonyl (C=O) groups is 3. The Labute approximate surface area is 527 Å². The van der Waals surface area contributed by atoms with Crippen LogP contribution in [0.2, 0.25) is 0 Å². The second kappa shape index (κ2) is 67.2. The highest BCUT2D eigenvalue weighted by molar-refractivity contribution is 5.70. The molecular formula is C76H141NO8. The van der Waals surface area contributed by atoms with Crippen LogP contribution in [0.4, 0.5) is 0 Å². The fraction of sp³-hybridized carbons (Fsp3) is 0.855. The third-order valence-corrected chi connectivity index (χ3v) is 16.6. The molecule has 0 aliphatic rings. The predicted molar refractivity (Wildman–Crippen MR) is 362 cm³/mol. The molecule has 0 aliphatic heterocycles. The van der Waals surface area contributed by atoms with Gasteiger partial charge in [0, 0.05) is 12.8 Å². The summed E-state index contributed by atoms with van der Waals surface area (Å²) in [6.45, 7) is 4.67. The minimum atomic E-state index is -1.63. The molecule has 85 heavy (non-hydrogen) atoms. The minimum Gasteiger partial charge on any atom is -0.545 e. The molecule has 9 heteroatoms. The number of ether oxygens (including phenoxy) is 4. The van der Waals surface area contributed by atoms with Crippen LogP contribution in [-0.2, 0) is 33.3 Å². The van der Waals surface area contributed by atoms with Crippen molar-refractivity contribution in [3.63, 3.8) is 0 Å². The summed E-state index contributed by atoms with van der Waals surface area (Å²) >= 11 is 0. The summed E-state index contributed by atoms with van der Waals surface area (Å²) in [6.07, 6.45) is 83.9. The van der Waals surface area contributed by atoms with Gasteiger partial charge < -0.3 is 33.3 Å². The quantitative estimate of drug-likeness (QED) is 0.0195. The molecule has 0 saturated heterocycles. The summed E-state index contributed by atoms with van der Waals surface area (Å²) < 4.78 is 22.8. The van der Waals surface area contributed by atoms with Crippen molar-refractivity contribution >= 4 is 17.9 Å². The van der Waals surface area contributed by atoms with Crippen molar-refractivity contribution in [3.8, 4) is 0 Å². The lowest BCUT2D eigenvalue weighted by Gasteiger charge is -2.26. The predicted octanol–water partition coefficient (Wildman–Crippen LogP) is 21.6. The molecular weight excluding hydrogens is 1050 g/mol. The number of esters is 2. The monoisotopic (exact) mass is 1200 g/mol. The highest BCUT2D eigenvalue weighted by Gasteiger charge is 2.22. The molecule has 2 atom stereocenters. The van der Waals surface area contributed by atoms with E-state index in [1.165, 1.54) is 244 Å². The summed E-state index contributed by atoms with van der Waals surface area (Å²) in [5.74, 6) is -2.29. The summed E-state index contributed by atoms with van der Waals surface area (Å²) in [4.78, 5) is 37.4. The van der Waals surface area contributed by atoms with Crippen molar-refractivity contribution in [2.24, 2.45) is 0 Å². The Balaban J connectivity index is 3.91. The molecule has 9 nitrogen and oxygen atoms in total. The second-order valence-corrected chi connectivity index (χ2v) is 26.2. The molecule has 0 amide bonds. The maximum absolute atomic E-state index is 12.9. The first-order chi connectivity index (χ1) is 41.6. The summed E-state index contributed by atoms with van der Waals surface area (Å²) in [7, 11) is 5.93. The number of carbonyl (C=O) groups excluding carboxylic acids is 3. The van der Waals surface area contributed by atoms with Crippen molar-refractivity contribution in [1.29, 1.82) is 0 Å². The van der Waals surface area contributed by atoms with Crippen LogP contribution in [0.15, 0.2) is 48.6 Å². The third kappa shape index (κ3) is 68.6. The van der Waals surface area contributed by atoms with E-state index >= 15 is 0 Å². The zero-order valence-electron chi connectivity index (χ0n) is 57.0. The first-order valence-electron chi connectivity index (χ1n) is 36.8. The number of hydrogen-bond acceptors (Lipinski definition) is 8. The van der Waals surface area contributed by atoms with Gasteiger partial charge in [0.1, 0.15) is 13.2 Å². The van der Waals surface area contributed by atoms with Crippen LogP contribution in [0.5, 0.6) is 0 Å². The number of carboxylic acids is 1. The maximum Gasteiger partial charge on any atom is 0.306 e. The Morgan fingerprint density at radius 3 is 1.00 bits per heavy atom. The molecule has 498 valence electrons. The first-order valence-corrected chi connectivity index (χ1v) is 36.8. The highest BCUT2D eigenvalue weighted by Crippen LogP contribution is 2.19. The average molecular weight is 1200 g/mol. The fourth-order valence-electron chi connectivity index (χ4n) is 11.0. The van der Waals surface area contributed by atoms with Crippen molar-refractivity contribution < 1.29 is 42.9 Å². The molecule has 0 aromatic rings. The Morgan fingerprint density at radius 1 is 0.365 bits per heavy atom. The van der Waals surface area contributed by atoms with Crippen molar-refractivity contribution in [2.75, 3.05) is 47.5 Å². The SMILES string of the molecule is CC/C=C\C/C=C\C/C=C\C/C=C\CCCCCCCCC(=O)OC(COC(=O)CCCCCCCCCCCCCCCCCCCCCCCCCCCCCCCCCCCCCCCCCCC)COC(OCC[N+](C)(C)C)C(=O)[O-]. The fourth-order valence-corrected chi connectivity index (χ4v) is 11.0. The summed E-state index contributed by atoms with van der Waals surface area (Å²) in [6, 6.07) is 0. The van der Waals surface area contributed by atoms with Crippen molar-refractivity contribution in [1.82, 2.24) is 0 Å². The highest BCUT2D eigenvalue weighted by atomic mass is 16.7. The number of quaternary nitrogens is 1. The molecule has 0 rings (SSSR count). The lowest BCUT2D eigenvalue weighted by molar-refractivity contribution is -0.870. The number of rotatable bonds is 69. The Bertz CT molecular complexity index is 1530. The summed E-state index contributed by atoms with van der Waals surface area (Å²) in [5.41, 5.74) is 0. The van der Waals surface area contributed by atoms with Gasteiger partial charge in [-0.3, -0.25) is 9.59 Å². The number of allylic oxidation sites excluding steroid dienone is 8. The molecule has 2 unspecified atom stereocenters. The minimum absolute atomic E-state index is 0.145. The van der Waals surface area contributed by atoms with E-state index in [1.54, 1.807) is 0 Å². The molecule has 0 fully saturated rings. The smallest absolute Gasteiger partial charge is 0.306 e. The van der Waals surface area contributed by atoms with Crippen molar-refractivity contribution in [3.05, 3.63) is 48.6 Å². The van der Waals surface area contributed by atoms with E-state index in [0.717, 1.165) is 83.5 Å². The molecule has 0 aromatic heterocycles. The zero-order valence-corrected chi connectivity index (χ0v) is 57.0. The Kier molecular flexibility index (Phi) is 65.0. The molecule has 0 N–H and O–H groups in total. The number of hydrogen-bond donors (Lipinski definition) is 0. The lowest BCUT2D eigenvalue weighted by atomic mass is 10.0. The number of unbranched alkanes of at least 4 members (excludes halogenated alkanes) is 46. The van der Waals surface area contributed by atoms with Gasteiger partial charge in [0.25, 0.3) is 0 Å². The maximum atomic E-state index is 12.9. The van der Waals surface area contributed by atoms with Gasteiger partial charge >= 0.3 is 11.9 Å². The normalized spacial score (nSPS) is 12.9. The van der Waals surface area contributed by atoms with Crippen LogP contribution in [0.25, 0.3) is 0 Å². The third-order valence-electron chi connectivity index (χ3n) is 16.6. The number of nitrogens with zero attached hydrogens (tertiary/aromatic N) is 1. The number of aliphatic carboxylic acids is 1. The van der Waals surface area contributed by atoms with Gasteiger partial charge in [-0.25, -0.2) is 0 Å². The van der Waals surface area contributed by atoms with E-state index in [0.29, 0.717) is 23.9 Å². The van der Waals surface area contributed by atoms with Gasteiger partial charge in [-0.05, 0) is 51.4 Å². The molecule has 0 heterocycles. The Hall–Kier alpha value is -2.75. The largest absolute Gasteiger partial charge is 0.545 e. The van der Waals surface area contributed by atoms with E-state index in [4.69, 9.17) is 18.9 Å². The van der Waals surface area contributed by atoms with Gasteiger partial charge in [-0.2, -0.15) is 0 Å². The van der Waals surface area contributed by atoms with E-state index < -0.39 is 24.3 Å². The van der Waals surface area contributed by atoms with E-state index in [2.05, 4.69) is 62.5 Å². The van der Waals surface area contributed by atoms with Crippen LogP contribution >= 0.6 is 0 Å².